The van der Waals surface area contributed by atoms with Crippen LogP contribution in [0.25, 0.3) is 5.82 Å². The molecule has 2 aromatic rings. The molecule has 0 amide bonds. The average Bonchev–Trinajstić information content (AvgIpc) is 3.00. The molecular weight excluding hydrogens is 407 g/mol. The van der Waals surface area contributed by atoms with E-state index < -0.39 is 27.3 Å². The second kappa shape index (κ2) is 7.33. The zero-order chi connectivity index (χ0) is 21.6. The van der Waals surface area contributed by atoms with Crippen LogP contribution in [0.2, 0.25) is 0 Å². The summed E-state index contributed by atoms with van der Waals surface area (Å²) in [5.41, 5.74) is -1.84. The molecule has 1 fully saturated rings. The van der Waals surface area contributed by atoms with E-state index in [2.05, 4.69) is 10.1 Å². The third-order valence-corrected chi connectivity index (χ3v) is 5.87. The maximum absolute atomic E-state index is 13.5. The van der Waals surface area contributed by atoms with Gasteiger partial charge in [0.25, 0.3) is 0 Å². The molecule has 156 valence electrons. The molecule has 29 heavy (non-hydrogen) atoms. The Bertz CT molecular complexity index is 1040. The summed E-state index contributed by atoms with van der Waals surface area (Å²) in [5, 5.41) is 13.2. The van der Waals surface area contributed by atoms with Crippen LogP contribution < -0.4 is 4.90 Å². The molecule has 1 aliphatic rings. The average molecular weight is 427 g/mol. The van der Waals surface area contributed by atoms with Gasteiger partial charge in [0, 0.05) is 25.5 Å². The van der Waals surface area contributed by atoms with E-state index >= 15 is 0 Å². The highest BCUT2D eigenvalue weighted by molar-refractivity contribution is 7.90. The van der Waals surface area contributed by atoms with Crippen molar-refractivity contribution < 1.29 is 21.6 Å². The van der Waals surface area contributed by atoms with Gasteiger partial charge in [-0.15, -0.1) is 0 Å². The first-order valence-electron chi connectivity index (χ1n) is 8.93. The van der Waals surface area contributed by atoms with Crippen molar-refractivity contribution in [2.75, 3.05) is 24.2 Å². The SMILES string of the molecule is CC1CC(C)CN(c2c(C#N)c(C(F)(F)F)nn2-c2ccc(S(C)(=O)=O)cn2)C1. The first-order chi connectivity index (χ1) is 13.4. The van der Waals surface area contributed by atoms with Gasteiger partial charge in [-0.2, -0.15) is 28.2 Å². The second-order valence-electron chi connectivity index (χ2n) is 7.54. The lowest BCUT2D eigenvalue weighted by Crippen LogP contribution is -2.40. The smallest absolute Gasteiger partial charge is 0.355 e. The molecule has 0 spiro atoms. The largest absolute Gasteiger partial charge is 0.436 e. The van der Waals surface area contributed by atoms with E-state index in [0.29, 0.717) is 13.1 Å². The van der Waals surface area contributed by atoms with E-state index in [4.69, 9.17) is 0 Å². The van der Waals surface area contributed by atoms with Crippen LogP contribution in [0.3, 0.4) is 0 Å². The number of rotatable bonds is 3. The Balaban J connectivity index is 2.20. The number of aromatic nitrogens is 3. The summed E-state index contributed by atoms with van der Waals surface area (Å²) in [4.78, 5) is 5.66. The Morgan fingerprint density at radius 3 is 2.28 bits per heavy atom. The highest BCUT2D eigenvalue weighted by atomic mass is 32.2. The lowest BCUT2D eigenvalue weighted by atomic mass is 9.91. The molecule has 1 aliphatic heterocycles. The number of hydrogen-bond donors (Lipinski definition) is 0. The van der Waals surface area contributed by atoms with Gasteiger partial charge in [-0.1, -0.05) is 13.8 Å². The predicted octanol–water partition coefficient (Wildman–Crippen LogP) is 3.04. The fraction of sp³-hybridized carbons (Fsp3) is 0.500. The number of hydrogen-bond acceptors (Lipinski definition) is 6. The van der Waals surface area contributed by atoms with E-state index in [1.54, 1.807) is 11.0 Å². The highest BCUT2D eigenvalue weighted by Gasteiger charge is 2.41. The summed E-state index contributed by atoms with van der Waals surface area (Å²) in [6.07, 6.45) is -1.81. The third kappa shape index (κ3) is 4.22. The number of anilines is 1. The number of nitriles is 1. The lowest BCUT2D eigenvalue weighted by molar-refractivity contribution is -0.141. The molecule has 3 heterocycles. The number of piperidine rings is 1. The maximum Gasteiger partial charge on any atom is 0.436 e. The van der Waals surface area contributed by atoms with Crippen LogP contribution in [0.4, 0.5) is 19.0 Å². The van der Waals surface area contributed by atoms with Gasteiger partial charge in [-0.25, -0.2) is 13.4 Å². The van der Waals surface area contributed by atoms with Crippen molar-refractivity contribution in [3.8, 4) is 11.9 Å². The second-order valence-corrected chi connectivity index (χ2v) is 9.56. The Morgan fingerprint density at radius 2 is 1.83 bits per heavy atom. The predicted molar refractivity (Wildman–Crippen MR) is 99.3 cm³/mol. The first-order valence-corrected chi connectivity index (χ1v) is 10.8. The van der Waals surface area contributed by atoms with Crippen molar-refractivity contribution in [3.05, 3.63) is 29.6 Å². The molecule has 0 N–H and O–H groups in total. The summed E-state index contributed by atoms with van der Waals surface area (Å²) in [7, 11) is -3.51. The quantitative estimate of drug-likeness (QED) is 0.748. The Labute approximate surface area is 166 Å². The zero-order valence-corrected chi connectivity index (χ0v) is 16.9. The third-order valence-electron chi connectivity index (χ3n) is 4.78. The van der Waals surface area contributed by atoms with Gasteiger partial charge in [0.05, 0.1) is 4.90 Å². The van der Waals surface area contributed by atoms with Crippen LogP contribution in [0.5, 0.6) is 0 Å². The minimum atomic E-state index is -4.81. The molecule has 11 heteroatoms. The summed E-state index contributed by atoms with van der Waals surface area (Å²) in [5.74, 6) is 0.482. The normalized spacial score (nSPS) is 20.5. The van der Waals surface area contributed by atoms with Crippen molar-refractivity contribution in [2.45, 2.75) is 31.3 Å². The molecule has 0 aliphatic carbocycles. The minimum absolute atomic E-state index is 0.00489. The van der Waals surface area contributed by atoms with Crippen molar-refractivity contribution in [3.63, 3.8) is 0 Å². The molecule has 7 nitrogen and oxygen atoms in total. The molecule has 1 saturated heterocycles. The summed E-state index contributed by atoms with van der Waals surface area (Å²) < 4.78 is 64.9. The van der Waals surface area contributed by atoms with E-state index in [-0.39, 0.29) is 28.4 Å². The summed E-state index contributed by atoms with van der Waals surface area (Å²) >= 11 is 0. The van der Waals surface area contributed by atoms with Gasteiger partial charge in [0.15, 0.2) is 27.2 Å². The monoisotopic (exact) mass is 427 g/mol. The Hall–Kier alpha value is -2.61. The van der Waals surface area contributed by atoms with Crippen LogP contribution in [0.15, 0.2) is 23.2 Å². The molecular formula is C18H20F3N5O2S. The van der Waals surface area contributed by atoms with Crippen molar-refractivity contribution in [1.29, 1.82) is 5.26 Å². The molecule has 0 bridgehead atoms. The fourth-order valence-electron chi connectivity index (χ4n) is 3.72. The van der Waals surface area contributed by atoms with Crippen LogP contribution in [0, 0.1) is 23.2 Å². The van der Waals surface area contributed by atoms with Gasteiger partial charge in [0.1, 0.15) is 11.6 Å². The Kier molecular flexibility index (Phi) is 5.34. The van der Waals surface area contributed by atoms with Gasteiger partial charge >= 0.3 is 6.18 Å². The molecule has 2 atom stereocenters. The van der Waals surface area contributed by atoms with Crippen molar-refractivity contribution in [1.82, 2.24) is 14.8 Å². The minimum Gasteiger partial charge on any atom is -0.355 e. The number of alkyl halides is 3. The molecule has 3 rings (SSSR count). The van der Waals surface area contributed by atoms with Gasteiger partial charge in [0.2, 0.25) is 0 Å². The molecule has 0 radical (unpaired) electrons. The molecule has 2 unspecified atom stereocenters. The van der Waals surface area contributed by atoms with Crippen molar-refractivity contribution in [2.24, 2.45) is 11.8 Å². The molecule has 2 aromatic heterocycles. The summed E-state index contributed by atoms with van der Waals surface area (Å²) in [6.45, 7) is 4.95. The van der Waals surface area contributed by atoms with Crippen LogP contribution in [-0.4, -0.2) is 42.5 Å². The van der Waals surface area contributed by atoms with Gasteiger partial charge in [-0.05, 0) is 30.4 Å². The van der Waals surface area contributed by atoms with Crippen LogP contribution in [-0.2, 0) is 16.0 Å². The fourth-order valence-corrected chi connectivity index (χ4v) is 4.27. The molecule has 0 saturated carbocycles. The summed E-state index contributed by atoms with van der Waals surface area (Å²) in [6, 6.07) is 4.19. The van der Waals surface area contributed by atoms with E-state index in [1.807, 2.05) is 13.8 Å². The van der Waals surface area contributed by atoms with Gasteiger partial charge in [-0.3, -0.25) is 0 Å². The van der Waals surface area contributed by atoms with Gasteiger partial charge < -0.3 is 4.90 Å². The number of sulfone groups is 1. The standard InChI is InChI=1S/C18H20F3N5O2S/c1-11-6-12(2)10-25(9-11)17-14(7-22)16(18(19,20)21)24-26(17)15-5-4-13(8-23-15)29(3,27)28/h4-5,8,11-12H,6,9-10H2,1-3H3. The van der Waals surface area contributed by atoms with E-state index in [9.17, 15) is 26.9 Å². The van der Waals surface area contributed by atoms with E-state index in [1.165, 1.54) is 12.1 Å². The molecule has 0 aromatic carbocycles. The number of nitrogens with zero attached hydrogens (tertiary/aromatic N) is 5. The van der Waals surface area contributed by atoms with Crippen molar-refractivity contribution >= 4 is 15.7 Å². The lowest BCUT2D eigenvalue weighted by Gasteiger charge is -2.36. The van der Waals surface area contributed by atoms with Crippen LogP contribution >= 0.6 is 0 Å². The topological polar surface area (TPSA) is 91.9 Å². The maximum atomic E-state index is 13.5. The first kappa shape index (κ1) is 21.1. The Morgan fingerprint density at radius 1 is 1.21 bits per heavy atom. The number of pyridine rings is 1. The van der Waals surface area contributed by atoms with Crippen LogP contribution in [0.1, 0.15) is 31.5 Å². The highest BCUT2D eigenvalue weighted by Crippen LogP contribution is 2.38. The van der Waals surface area contributed by atoms with E-state index in [0.717, 1.165) is 23.6 Å². The zero-order valence-electron chi connectivity index (χ0n) is 16.1. The number of halogens is 3.